The zero-order chi connectivity index (χ0) is 15.7. The summed E-state index contributed by atoms with van der Waals surface area (Å²) < 4.78 is 8.36. The first-order valence-electron chi connectivity index (χ1n) is 7.34. The number of nitrogens with zero attached hydrogens (tertiary/aromatic N) is 4. The van der Waals surface area contributed by atoms with Gasteiger partial charge in [0.15, 0.2) is 5.65 Å². The Morgan fingerprint density at radius 2 is 2.41 bits per heavy atom. The van der Waals surface area contributed by atoms with Crippen LogP contribution in [0.2, 0.25) is 0 Å². The molecular formula is C14H19N5O3. The van der Waals surface area contributed by atoms with Crippen molar-refractivity contribution in [1.29, 1.82) is 0 Å². The van der Waals surface area contributed by atoms with Gasteiger partial charge >= 0.3 is 0 Å². The maximum Gasteiger partial charge on any atom is 0.264 e. The fraction of sp³-hybridized carbons (Fsp3) is 0.571. The molecule has 8 heteroatoms. The number of ether oxygens (including phenoxy) is 1. The molecule has 8 nitrogen and oxygen atoms in total. The summed E-state index contributed by atoms with van der Waals surface area (Å²) in [5.74, 6) is -0.227. The van der Waals surface area contributed by atoms with Crippen molar-refractivity contribution in [2.75, 3.05) is 6.61 Å². The molecule has 2 aromatic rings. The van der Waals surface area contributed by atoms with Gasteiger partial charge in [-0.25, -0.2) is 4.98 Å². The van der Waals surface area contributed by atoms with Crippen molar-refractivity contribution >= 4 is 16.9 Å². The molecule has 118 valence electrons. The normalized spacial score (nSPS) is 19.5. The Balaban J connectivity index is 1.71. The van der Waals surface area contributed by atoms with Crippen LogP contribution in [-0.4, -0.2) is 44.0 Å². The summed E-state index contributed by atoms with van der Waals surface area (Å²) in [7, 11) is 1.72. The Morgan fingerprint density at radius 1 is 1.59 bits per heavy atom. The molecule has 3 rings (SSSR count). The second-order valence-corrected chi connectivity index (χ2v) is 5.59. The molecule has 2 atom stereocenters. The van der Waals surface area contributed by atoms with Crippen molar-refractivity contribution in [1.82, 2.24) is 24.6 Å². The third-order valence-electron chi connectivity index (χ3n) is 3.94. The predicted molar refractivity (Wildman–Crippen MR) is 79.3 cm³/mol. The van der Waals surface area contributed by atoms with Gasteiger partial charge < -0.3 is 10.1 Å². The molecule has 1 aliphatic heterocycles. The van der Waals surface area contributed by atoms with E-state index in [1.165, 1.54) is 21.8 Å². The van der Waals surface area contributed by atoms with E-state index in [-0.39, 0.29) is 30.2 Å². The van der Waals surface area contributed by atoms with E-state index in [0.717, 1.165) is 19.4 Å². The number of rotatable bonds is 4. The summed E-state index contributed by atoms with van der Waals surface area (Å²) in [6.07, 6.45) is 4.87. The molecule has 0 bridgehead atoms. The lowest BCUT2D eigenvalue weighted by Gasteiger charge is -2.20. The van der Waals surface area contributed by atoms with Crippen LogP contribution in [0.5, 0.6) is 0 Å². The minimum atomic E-state index is -0.266. The number of carbonyl (C=O) groups is 1. The molecule has 0 spiro atoms. The fourth-order valence-corrected chi connectivity index (χ4v) is 2.72. The van der Waals surface area contributed by atoms with Crippen LogP contribution < -0.4 is 10.9 Å². The molecule has 1 amide bonds. The maximum atomic E-state index is 12.3. The van der Waals surface area contributed by atoms with Gasteiger partial charge in [0.25, 0.3) is 5.56 Å². The van der Waals surface area contributed by atoms with Gasteiger partial charge in [-0.3, -0.25) is 18.8 Å². The van der Waals surface area contributed by atoms with Crippen molar-refractivity contribution in [3.05, 3.63) is 22.9 Å². The summed E-state index contributed by atoms with van der Waals surface area (Å²) in [4.78, 5) is 28.6. The monoisotopic (exact) mass is 305 g/mol. The number of amides is 1. The first-order chi connectivity index (χ1) is 10.6. The van der Waals surface area contributed by atoms with Crippen molar-refractivity contribution in [3.63, 3.8) is 0 Å². The molecule has 1 N–H and O–H groups in total. The van der Waals surface area contributed by atoms with Crippen LogP contribution in [-0.2, 0) is 23.1 Å². The highest BCUT2D eigenvalue weighted by atomic mass is 16.5. The average molecular weight is 305 g/mol. The van der Waals surface area contributed by atoms with E-state index >= 15 is 0 Å². The number of hydrogen-bond acceptors (Lipinski definition) is 5. The zero-order valence-electron chi connectivity index (χ0n) is 12.7. The lowest BCUT2D eigenvalue weighted by molar-refractivity contribution is -0.123. The molecule has 0 unspecified atom stereocenters. The third-order valence-corrected chi connectivity index (χ3v) is 3.94. The standard InChI is InChI=1S/C14H19N5O3/c1-9(11-4-3-5-22-11)17-12(20)7-19-8-15-13-10(14(19)21)6-16-18(13)2/h6,8-9,11H,3-5,7H2,1-2H3,(H,17,20)/t9-,11+/m0/s1. The smallest absolute Gasteiger partial charge is 0.264 e. The van der Waals surface area contributed by atoms with Gasteiger partial charge in [-0.05, 0) is 19.8 Å². The van der Waals surface area contributed by atoms with Gasteiger partial charge in [0.05, 0.1) is 18.3 Å². The number of fused-ring (bicyclic) bond motifs is 1. The Morgan fingerprint density at radius 3 is 3.14 bits per heavy atom. The molecular weight excluding hydrogens is 286 g/mol. The van der Waals surface area contributed by atoms with Gasteiger partial charge in [0.1, 0.15) is 18.3 Å². The first-order valence-corrected chi connectivity index (χ1v) is 7.34. The first kappa shape index (κ1) is 14.7. The fourth-order valence-electron chi connectivity index (χ4n) is 2.72. The topological polar surface area (TPSA) is 91.0 Å². The summed E-state index contributed by atoms with van der Waals surface area (Å²) >= 11 is 0. The largest absolute Gasteiger partial charge is 0.376 e. The van der Waals surface area contributed by atoms with Crippen LogP contribution in [0.3, 0.4) is 0 Å². The molecule has 1 aliphatic rings. The predicted octanol–water partition coefficient (Wildman–Crippen LogP) is -0.186. The molecule has 1 fully saturated rings. The van der Waals surface area contributed by atoms with E-state index in [1.54, 1.807) is 7.05 Å². The molecule has 2 aromatic heterocycles. The number of nitrogens with one attached hydrogen (secondary N) is 1. The van der Waals surface area contributed by atoms with Crippen LogP contribution >= 0.6 is 0 Å². The van der Waals surface area contributed by atoms with Crippen LogP contribution in [0.4, 0.5) is 0 Å². The number of aryl methyl sites for hydroxylation is 1. The molecule has 0 aromatic carbocycles. The van der Waals surface area contributed by atoms with Crippen LogP contribution in [0.25, 0.3) is 11.0 Å². The van der Waals surface area contributed by atoms with Gasteiger partial charge in [-0.15, -0.1) is 0 Å². The SMILES string of the molecule is C[C@H](NC(=O)Cn1cnc2c(cnn2C)c1=O)[C@H]1CCCO1. The number of carbonyl (C=O) groups excluding carboxylic acids is 1. The quantitative estimate of drug-likeness (QED) is 0.845. The second-order valence-electron chi connectivity index (χ2n) is 5.59. The van der Waals surface area contributed by atoms with Crippen molar-refractivity contribution < 1.29 is 9.53 Å². The van der Waals surface area contributed by atoms with Gasteiger partial charge in [0.2, 0.25) is 5.91 Å². The van der Waals surface area contributed by atoms with E-state index in [4.69, 9.17) is 4.74 Å². The lowest BCUT2D eigenvalue weighted by atomic mass is 10.1. The summed E-state index contributed by atoms with van der Waals surface area (Å²) in [5, 5.41) is 7.29. The van der Waals surface area contributed by atoms with Crippen molar-refractivity contribution in [2.45, 2.75) is 38.5 Å². The Labute approximate surface area is 127 Å². The summed E-state index contributed by atoms with van der Waals surface area (Å²) in [6, 6.07) is -0.0687. The van der Waals surface area contributed by atoms with E-state index in [1.807, 2.05) is 6.92 Å². The van der Waals surface area contributed by atoms with Gasteiger partial charge in [0, 0.05) is 13.7 Å². The van der Waals surface area contributed by atoms with Crippen LogP contribution in [0.15, 0.2) is 17.3 Å². The highest BCUT2D eigenvalue weighted by Gasteiger charge is 2.23. The Hall–Kier alpha value is -2.22. The van der Waals surface area contributed by atoms with Gasteiger partial charge in [-0.2, -0.15) is 5.10 Å². The Bertz CT molecular complexity index is 745. The van der Waals surface area contributed by atoms with E-state index in [0.29, 0.717) is 11.0 Å². The molecule has 22 heavy (non-hydrogen) atoms. The average Bonchev–Trinajstić information content (AvgIpc) is 3.12. The minimum absolute atomic E-state index is 0.0552. The molecule has 0 saturated carbocycles. The van der Waals surface area contributed by atoms with Gasteiger partial charge in [-0.1, -0.05) is 0 Å². The summed E-state index contributed by atoms with van der Waals surface area (Å²) in [6.45, 7) is 2.60. The highest BCUT2D eigenvalue weighted by molar-refractivity contribution is 5.77. The summed E-state index contributed by atoms with van der Waals surface area (Å²) in [5.41, 5.74) is 0.243. The lowest BCUT2D eigenvalue weighted by Crippen LogP contribution is -2.43. The molecule has 1 saturated heterocycles. The second kappa shape index (κ2) is 5.88. The zero-order valence-corrected chi connectivity index (χ0v) is 12.7. The molecule has 3 heterocycles. The van der Waals surface area contributed by atoms with E-state index in [2.05, 4.69) is 15.4 Å². The number of aromatic nitrogens is 4. The molecule has 0 aliphatic carbocycles. The third kappa shape index (κ3) is 2.74. The van der Waals surface area contributed by atoms with E-state index < -0.39 is 0 Å². The van der Waals surface area contributed by atoms with E-state index in [9.17, 15) is 9.59 Å². The van der Waals surface area contributed by atoms with Crippen LogP contribution in [0.1, 0.15) is 19.8 Å². The van der Waals surface area contributed by atoms with Crippen molar-refractivity contribution in [2.24, 2.45) is 7.05 Å². The Kier molecular flexibility index (Phi) is 3.93. The highest BCUT2D eigenvalue weighted by Crippen LogP contribution is 2.15. The van der Waals surface area contributed by atoms with Crippen molar-refractivity contribution in [3.8, 4) is 0 Å². The van der Waals surface area contributed by atoms with Crippen LogP contribution in [0, 0.1) is 0 Å². The maximum absolute atomic E-state index is 12.3. The molecule has 0 radical (unpaired) electrons. The number of hydrogen-bond donors (Lipinski definition) is 1. The minimum Gasteiger partial charge on any atom is -0.376 e.